The number of nitrogens with one attached hydrogen (secondary N) is 1. The molecule has 1 aromatic rings. The minimum Gasteiger partial charge on any atom is -0.482 e. The van der Waals surface area contributed by atoms with Crippen LogP contribution in [0, 0.1) is 0 Å². The molecule has 0 saturated carbocycles. The number of carbonyl (C=O) groups is 3. The van der Waals surface area contributed by atoms with E-state index in [0.29, 0.717) is 11.3 Å². The fraction of sp³-hybridized carbons (Fsp3) is 0.571. The van der Waals surface area contributed by atoms with Crippen LogP contribution in [-0.2, 0) is 19.1 Å². The topological polar surface area (TPSA) is 90.9 Å². The van der Waals surface area contributed by atoms with E-state index in [9.17, 15) is 14.4 Å². The monoisotopic (exact) mass is 393 g/mol. The van der Waals surface area contributed by atoms with Crippen molar-refractivity contribution >= 4 is 17.7 Å². The van der Waals surface area contributed by atoms with Crippen LogP contribution in [0.5, 0.6) is 5.75 Å². The van der Waals surface area contributed by atoms with E-state index in [4.69, 9.17) is 14.2 Å². The first-order chi connectivity index (χ1) is 12.8. The summed E-state index contributed by atoms with van der Waals surface area (Å²) in [4.78, 5) is 35.8. The zero-order valence-electron chi connectivity index (χ0n) is 17.8. The second-order valence-electron chi connectivity index (χ2n) is 8.45. The Labute approximate surface area is 166 Å². The van der Waals surface area contributed by atoms with E-state index < -0.39 is 29.2 Å². The highest BCUT2D eigenvalue weighted by atomic mass is 16.6. The molecule has 0 aromatic heterocycles. The van der Waals surface area contributed by atoms with Crippen LogP contribution in [-0.4, -0.2) is 48.1 Å². The van der Waals surface area contributed by atoms with Crippen LogP contribution in [0.15, 0.2) is 24.3 Å². The molecule has 0 heterocycles. The summed E-state index contributed by atoms with van der Waals surface area (Å²) >= 11 is 0. The van der Waals surface area contributed by atoms with Crippen LogP contribution in [0.4, 0.5) is 0 Å². The molecule has 7 heteroatoms. The molecule has 156 valence electrons. The molecular formula is C21H31NO6. The predicted octanol–water partition coefficient (Wildman–Crippen LogP) is 2.91. The summed E-state index contributed by atoms with van der Waals surface area (Å²) in [6.07, 6.45) is 0. The standard InChI is InChI=1S/C21H31NO6/c1-14(22-12-17(23)27-20(2,3)4)19(25)15-8-10-16(11-9-15)26-13-18(24)28-21(5,6)7/h8-11,14,22H,12-13H2,1-7H3/t14-/m0/s1. The summed E-state index contributed by atoms with van der Waals surface area (Å²) in [5.41, 5.74) is -0.672. The zero-order chi connectivity index (χ0) is 21.5. The molecule has 1 aromatic carbocycles. The molecule has 0 aliphatic heterocycles. The number of ketones is 1. The predicted molar refractivity (Wildman–Crippen MR) is 105 cm³/mol. The lowest BCUT2D eigenvalue weighted by molar-refractivity contribution is -0.157. The van der Waals surface area contributed by atoms with Crippen LogP contribution in [0.1, 0.15) is 58.8 Å². The molecule has 0 aliphatic rings. The first-order valence-electron chi connectivity index (χ1n) is 9.21. The van der Waals surface area contributed by atoms with Gasteiger partial charge >= 0.3 is 11.9 Å². The molecule has 0 radical (unpaired) electrons. The average Bonchev–Trinajstić information content (AvgIpc) is 2.54. The maximum Gasteiger partial charge on any atom is 0.344 e. The Morgan fingerprint density at radius 2 is 1.39 bits per heavy atom. The quantitative estimate of drug-likeness (QED) is 0.536. The largest absolute Gasteiger partial charge is 0.482 e. The van der Waals surface area contributed by atoms with Gasteiger partial charge in [-0.05, 0) is 72.7 Å². The van der Waals surface area contributed by atoms with Gasteiger partial charge in [0.05, 0.1) is 12.6 Å². The molecule has 7 nitrogen and oxygen atoms in total. The van der Waals surface area contributed by atoms with Crippen molar-refractivity contribution in [3.63, 3.8) is 0 Å². The highest BCUT2D eigenvalue weighted by molar-refractivity contribution is 6.00. The van der Waals surface area contributed by atoms with Gasteiger partial charge in [-0.25, -0.2) is 4.79 Å². The third-order valence-corrected chi connectivity index (χ3v) is 3.28. The molecule has 0 saturated heterocycles. The van der Waals surface area contributed by atoms with Gasteiger partial charge < -0.3 is 14.2 Å². The maximum absolute atomic E-state index is 12.4. The Morgan fingerprint density at radius 1 is 0.893 bits per heavy atom. The summed E-state index contributed by atoms with van der Waals surface area (Å²) in [6.45, 7) is 12.1. The van der Waals surface area contributed by atoms with Crippen molar-refractivity contribution in [2.75, 3.05) is 13.2 Å². The molecular weight excluding hydrogens is 362 g/mol. The number of hydrogen-bond donors (Lipinski definition) is 1. The summed E-state index contributed by atoms with van der Waals surface area (Å²) in [7, 11) is 0. The Kier molecular flexibility index (Phi) is 8.17. The Balaban J connectivity index is 2.52. The molecule has 0 bridgehead atoms. The van der Waals surface area contributed by atoms with Gasteiger partial charge in [-0.2, -0.15) is 0 Å². The number of carbonyl (C=O) groups excluding carboxylic acids is 3. The van der Waals surface area contributed by atoms with Crippen molar-refractivity contribution in [2.24, 2.45) is 0 Å². The van der Waals surface area contributed by atoms with Gasteiger partial charge in [0.15, 0.2) is 12.4 Å². The van der Waals surface area contributed by atoms with Crippen molar-refractivity contribution in [1.82, 2.24) is 5.32 Å². The number of rotatable bonds is 8. The van der Waals surface area contributed by atoms with Crippen molar-refractivity contribution in [3.05, 3.63) is 29.8 Å². The van der Waals surface area contributed by atoms with Crippen LogP contribution in [0.25, 0.3) is 0 Å². The highest BCUT2D eigenvalue weighted by Gasteiger charge is 2.20. The Morgan fingerprint density at radius 3 is 1.89 bits per heavy atom. The summed E-state index contributed by atoms with van der Waals surface area (Å²) in [5, 5.41) is 2.86. The van der Waals surface area contributed by atoms with Gasteiger partial charge in [0, 0.05) is 5.56 Å². The van der Waals surface area contributed by atoms with Gasteiger partial charge in [0.2, 0.25) is 0 Å². The number of Topliss-reactive ketones (excluding diaryl/α,β-unsaturated/α-hetero) is 1. The van der Waals surface area contributed by atoms with E-state index in [1.165, 1.54) is 0 Å². The maximum atomic E-state index is 12.4. The summed E-state index contributed by atoms with van der Waals surface area (Å²) < 4.78 is 15.7. The van der Waals surface area contributed by atoms with E-state index in [1.807, 2.05) is 0 Å². The SMILES string of the molecule is C[C@H](NCC(=O)OC(C)(C)C)C(=O)c1ccc(OCC(=O)OC(C)(C)C)cc1. The van der Waals surface area contributed by atoms with Gasteiger partial charge in [-0.1, -0.05) is 0 Å². The number of benzene rings is 1. The van der Waals surface area contributed by atoms with Crippen LogP contribution >= 0.6 is 0 Å². The lowest BCUT2D eigenvalue weighted by Crippen LogP contribution is -2.39. The zero-order valence-corrected chi connectivity index (χ0v) is 17.8. The number of ether oxygens (including phenoxy) is 3. The molecule has 0 aliphatic carbocycles. The first kappa shape index (κ1) is 23.6. The molecule has 1 N–H and O–H groups in total. The van der Waals surface area contributed by atoms with E-state index in [2.05, 4.69) is 5.32 Å². The van der Waals surface area contributed by atoms with Crippen LogP contribution < -0.4 is 10.1 Å². The van der Waals surface area contributed by atoms with Crippen molar-refractivity contribution < 1.29 is 28.6 Å². The smallest absolute Gasteiger partial charge is 0.344 e. The third kappa shape index (κ3) is 9.50. The molecule has 0 fully saturated rings. The molecule has 0 spiro atoms. The molecule has 0 amide bonds. The lowest BCUT2D eigenvalue weighted by Gasteiger charge is -2.20. The minimum atomic E-state index is -0.570. The highest BCUT2D eigenvalue weighted by Crippen LogP contribution is 2.15. The van der Waals surface area contributed by atoms with Gasteiger partial charge in [-0.15, -0.1) is 0 Å². The first-order valence-corrected chi connectivity index (χ1v) is 9.21. The van der Waals surface area contributed by atoms with Gasteiger partial charge in [0.1, 0.15) is 17.0 Å². The summed E-state index contributed by atoms with van der Waals surface area (Å²) in [5.74, 6) is -0.593. The number of esters is 2. The molecule has 28 heavy (non-hydrogen) atoms. The fourth-order valence-electron chi connectivity index (χ4n) is 2.19. The van der Waals surface area contributed by atoms with E-state index in [0.717, 1.165) is 0 Å². The molecule has 1 atom stereocenters. The molecule has 1 rings (SSSR count). The molecule has 0 unspecified atom stereocenters. The average molecular weight is 393 g/mol. The number of hydrogen-bond acceptors (Lipinski definition) is 7. The van der Waals surface area contributed by atoms with Gasteiger partial charge in [-0.3, -0.25) is 14.9 Å². The van der Waals surface area contributed by atoms with Crippen LogP contribution in [0.2, 0.25) is 0 Å². The van der Waals surface area contributed by atoms with Crippen molar-refractivity contribution in [2.45, 2.75) is 65.7 Å². The third-order valence-electron chi connectivity index (χ3n) is 3.28. The fourth-order valence-corrected chi connectivity index (χ4v) is 2.19. The Hall–Kier alpha value is -2.41. The second-order valence-corrected chi connectivity index (χ2v) is 8.45. The van der Waals surface area contributed by atoms with Crippen molar-refractivity contribution in [3.8, 4) is 5.75 Å². The van der Waals surface area contributed by atoms with Gasteiger partial charge in [0.25, 0.3) is 0 Å². The lowest BCUT2D eigenvalue weighted by atomic mass is 10.1. The minimum absolute atomic E-state index is 0.0543. The second kappa shape index (κ2) is 9.68. The van der Waals surface area contributed by atoms with Crippen LogP contribution in [0.3, 0.4) is 0 Å². The normalized spacial score (nSPS) is 12.8. The van der Waals surface area contributed by atoms with E-state index in [-0.39, 0.29) is 18.9 Å². The van der Waals surface area contributed by atoms with E-state index in [1.54, 1.807) is 72.7 Å². The van der Waals surface area contributed by atoms with Crippen molar-refractivity contribution in [1.29, 1.82) is 0 Å². The summed E-state index contributed by atoms with van der Waals surface area (Å²) in [6, 6.07) is 5.88. The van der Waals surface area contributed by atoms with E-state index >= 15 is 0 Å². The Bertz CT molecular complexity index is 682.